The minimum absolute atomic E-state index is 0.0164. The van der Waals surface area contributed by atoms with Crippen LogP contribution in [0.25, 0.3) is 0 Å². The smallest absolute Gasteiger partial charge is 0.171 e. The van der Waals surface area contributed by atoms with Gasteiger partial charge in [-0.1, -0.05) is 0 Å². The predicted molar refractivity (Wildman–Crippen MR) is 74.8 cm³/mol. The lowest BCUT2D eigenvalue weighted by Gasteiger charge is -2.17. The van der Waals surface area contributed by atoms with Gasteiger partial charge < -0.3 is 15.4 Å². The van der Waals surface area contributed by atoms with E-state index in [4.69, 9.17) is 17.0 Å². The van der Waals surface area contributed by atoms with Crippen molar-refractivity contribution in [3.05, 3.63) is 28.2 Å². The second-order valence-corrected chi connectivity index (χ2v) is 4.96. The van der Waals surface area contributed by atoms with Crippen LogP contribution in [0.15, 0.2) is 16.6 Å². The molecule has 0 saturated heterocycles. The molecule has 3 nitrogen and oxygen atoms in total. The van der Waals surface area contributed by atoms with Gasteiger partial charge in [0.1, 0.15) is 5.82 Å². The lowest BCUT2D eigenvalue weighted by Crippen LogP contribution is -2.38. The van der Waals surface area contributed by atoms with Crippen molar-refractivity contribution in [1.82, 2.24) is 5.32 Å². The highest BCUT2D eigenvalue weighted by Gasteiger charge is 2.12. The van der Waals surface area contributed by atoms with Gasteiger partial charge in [-0.25, -0.2) is 8.78 Å². The van der Waals surface area contributed by atoms with Crippen LogP contribution in [-0.4, -0.2) is 24.9 Å². The van der Waals surface area contributed by atoms with Gasteiger partial charge in [0.15, 0.2) is 10.9 Å². The van der Waals surface area contributed by atoms with Crippen LogP contribution >= 0.6 is 28.1 Å². The van der Waals surface area contributed by atoms with E-state index >= 15 is 0 Å². The lowest BCUT2D eigenvalue weighted by atomic mass is 10.3. The molecule has 0 heterocycles. The molecule has 0 fully saturated rings. The number of halogens is 3. The zero-order valence-electron chi connectivity index (χ0n) is 9.89. The Morgan fingerprint density at radius 2 is 2.17 bits per heavy atom. The molecule has 0 bridgehead atoms. The molecule has 18 heavy (non-hydrogen) atoms. The van der Waals surface area contributed by atoms with E-state index in [1.54, 1.807) is 7.11 Å². The molecule has 100 valence electrons. The maximum Gasteiger partial charge on any atom is 0.171 e. The Morgan fingerprint density at radius 1 is 1.50 bits per heavy atom. The topological polar surface area (TPSA) is 33.3 Å². The summed E-state index contributed by atoms with van der Waals surface area (Å²) in [6, 6.07) is 1.93. The van der Waals surface area contributed by atoms with E-state index in [0.29, 0.717) is 6.61 Å². The minimum atomic E-state index is -0.717. The second kappa shape index (κ2) is 6.96. The summed E-state index contributed by atoms with van der Waals surface area (Å²) in [7, 11) is 1.57. The van der Waals surface area contributed by atoms with E-state index < -0.39 is 11.6 Å². The number of methoxy groups -OCH3 is 1. The summed E-state index contributed by atoms with van der Waals surface area (Å²) in [6.45, 7) is 2.34. The van der Waals surface area contributed by atoms with Crippen LogP contribution in [0.5, 0.6) is 0 Å². The third-order valence-electron chi connectivity index (χ3n) is 2.04. The molecule has 1 rings (SSSR count). The summed E-state index contributed by atoms with van der Waals surface area (Å²) in [4.78, 5) is 0. The van der Waals surface area contributed by atoms with Crippen LogP contribution in [0.4, 0.5) is 14.5 Å². The standard InChI is InChI=1S/C11H13BrF2N2OS/c1-6(5-17-2)15-11(18)16-10-8(12)3-7(13)4-9(10)14/h3-4,6H,5H2,1-2H3,(H2,15,16,18). The number of hydrogen-bond acceptors (Lipinski definition) is 2. The summed E-state index contributed by atoms with van der Waals surface area (Å²) in [5.74, 6) is -1.37. The average Bonchev–Trinajstić information content (AvgIpc) is 2.23. The van der Waals surface area contributed by atoms with Crippen molar-refractivity contribution in [3.8, 4) is 0 Å². The molecule has 1 atom stereocenters. The van der Waals surface area contributed by atoms with E-state index in [-0.39, 0.29) is 21.3 Å². The molecule has 0 saturated carbocycles. The summed E-state index contributed by atoms with van der Waals surface area (Å²) >= 11 is 8.09. The highest BCUT2D eigenvalue weighted by molar-refractivity contribution is 9.10. The number of rotatable bonds is 4. The number of hydrogen-bond donors (Lipinski definition) is 2. The van der Waals surface area contributed by atoms with Crippen molar-refractivity contribution in [1.29, 1.82) is 0 Å². The summed E-state index contributed by atoms with van der Waals surface area (Å²) < 4.78 is 31.6. The van der Waals surface area contributed by atoms with Gasteiger partial charge in [0, 0.05) is 23.7 Å². The zero-order chi connectivity index (χ0) is 13.7. The van der Waals surface area contributed by atoms with E-state index in [9.17, 15) is 8.78 Å². The van der Waals surface area contributed by atoms with Gasteiger partial charge in [-0.3, -0.25) is 0 Å². The van der Waals surface area contributed by atoms with Crippen molar-refractivity contribution in [2.24, 2.45) is 0 Å². The third kappa shape index (κ3) is 4.47. The highest BCUT2D eigenvalue weighted by atomic mass is 79.9. The Labute approximate surface area is 118 Å². The van der Waals surface area contributed by atoms with E-state index in [2.05, 4.69) is 26.6 Å². The molecular formula is C11H13BrF2N2OS. The van der Waals surface area contributed by atoms with Crippen molar-refractivity contribution in [2.75, 3.05) is 19.0 Å². The zero-order valence-corrected chi connectivity index (χ0v) is 12.3. The molecule has 1 aromatic rings. The van der Waals surface area contributed by atoms with E-state index in [1.165, 1.54) is 0 Å². The molecule has 0 radical (unpaired) electrons. The van der Waals surface area contributed by atoms with Gasteiger partial charge in [-0.15, -0.1) is 0 Å². The number of nitrogens with one attached hydrogen (secondary N) is 2. The van der Waals surface area contributed by atoms with Gasteiger partial charge in [0.05, 0.1) is 12.3 Å². The second-order valence-electron chi connectivity index (χ2n) is 3.70. The first-order chi connectivity index (χ1) is 8.43. The quantitative estimate of drug-likeness (QED) is 0.827. The minimum Gasteiger partial charge on any atom is -0.383 e. The van der Waals surface area contributed by atoms with Crippen molar-refractivity contribution >= 4 is 38.9 Å². The normalized spacial score (nSPS) is 12.1. The van der Waals surface area contributed by atoms with Crippen LogP contribution in [0.2, 0.25) is 0 Å². The predicted octanol–water partition coefficient (Wildman–Crippen LogP) is 3.05. The largest absolute Gasteiger partial charge is 0.383 e. The molecule has 0 amide bonds. The van der Waals surface area contributed by atoms with Gasteiger partial charge in [-0.2, -0.15) is 0 Å². The Hall–Kier alpha value is -0.790. The Morgan fingerprint density at radius 3 is 2.72 bits per heavy atom. The Bertz CT molecular complexity index is 422. The fraction of sp³-hybridized carbons (Fsp3) is 0.364. The van der Waals surface area contributed by atoms with Crippen molar-refractivity contribution in [3.63, 3.8) is 0 Å². The molecular weight excluding hydrogens is 326 g/mol. The molecule has 1 aromatic carbocycles. The molecule has 7 heteroatoms. The molecule has 0 aliphatic heterocycles. The van der Waals surface area contributed by atoms with Crippen molar-refractivity contribution in [2.45, 2.75) is 13.0 Å². The first-order valence-corrected chi connectivity index (χ1v) is 6.35. The van der Waals surface area contributed by atoms with Crippen LogP contribution < -0.4 is 10.6 Å². The summed E-state index contributed by atoms with van der Waals surface area (Å²) in [6.07, 6.45) is 0. The Balaban J connectivity index is 2.70. The first kappa shape index (κ1) is 15.3. The van der Waals surface area contributed by atoms with Gasteiger partial charge in [0.25, 0.3) is 0 Å². The summed E-state index contributed by atoms with van der Waals surface area (Å²) in [5, 5.41) is 5.83. The number of benzene rings is 1. The monoisotopic (exact) mass is 338 g/mol. The molecule has 0 spiro atoms. The number of ether oxygens (including phenoxy) is 1. The van der Waals surface area contributed by atoms with Gasteiger partial charge >= 0.3 is 0 Å². The van der Waals surface area contributed by atoms with Crippen molar-refractivity contribution < 1.29 is 13.5 Å². The maximum absolute atomic E-state index is 13.5. The fourth-order valence-electron chi connectivity index (χ4n) is 1.33. The lowest BCUT2D eigenvalue weighted by molar-refractivity contribution is 0.179. The number of anilines is 1. The van der Waals surface area contributed by atoms with Crippen LogP contribution in [0.3, 0.4) is 0 Å². The fourth-order valence-corrected chi connectivity index (χ4v) is 2.14. The molecule has 0 aliphatic rings. The van der Waals surface area contributed by atoms with Gasteiger partial charge in [-0.05, 0) is 41.1 Å². The van der Waals surface area contributed by atoms with Crippen LogP contribution in [0, 0.1) is 11.6 Å². The van der Waals surface area contributed by atoms with E-state index in [1.807, 2.05) is 6.92 Å². The Kier molecular flexibility index (Phi) is 5.90. The maximum atomic E-state index is 13.5. The third-order valence-corrected chi connectivity index (χ3v) is 2.88. The molecule has 2 N–H and O–H groups in total. The number of thiocarbonyl (C=S) groups is 1. The van der Waals surface area contributed by atoms with E-state index in [0.717, 1.165) is 12.1 Å². The van der Waals surface area contributed by atoms with Gasteiger partial charge in [0.2, 0.25) is 0 Å². The molecule has 0 aromatic heterocycles. The highest BCUT2D eigenvalue weighted by Crippen LogP contribution is 2.26. The van der Waals surface area contributed by atoms with Crippen LogP contribution in [-0.2, 0) is 4.74 Å². The average molecular weight is 339 g/mol. The molecule has 0 aliphatic carbocycles. The molecule has 1 unspecified atom stereocenters. The first-order valence-electron chi connectivity index (χ1n) is 5.15. The SMILES string of the molecule is COCC(C)NC(=S)Nc1c(F)cc(F)cc1Br. The summed E-state index contributed by atoms with van der Waals surface area (Å²) in [5.41, 5.74) is 0.0958. The van der Waals surface area contributed by atoms with Crippen LogP contribution in [0.1, 0.15) is 6.92 Å².